The molecule has 114 valence electrons. The molecular formula is C14H20N4O3. The summed E-state index contributed by atoms with van der Waals surface area (Å²) in [4.78, 5) is 30.2. The predicted molar refractivity (Wildman–Crippen MR) is 78.3 cm³/mol. The molecule has 0 radical (unpaired) electrons. The SMILES string of the molecule is CCNC(=O)C1CNCCN1c1ncccc1C(=O)OC. The average Bonchev–Trinajstić information content (AvgIpc) is 2.54. The molecule has 2 heterocycles. The summed E-state index contributed by atoms with van der Waals surface area (Å²) in [7, 11) is 1.33. The standard InChI is InChI=1S/C14H20N4O3/c1-3-16-13(19)11-9-15-7-8-18(11)12-10(14(20)21-2)5-4-6-17-12/h4-6,11,15H,3,7-9H2,1-2H3,(H,16,19). The van der Waals surface area contributed by atoms with Gasteiger partial charge in [-0.3, -0.25) is 4.79 Å². The Kier molecular flexibility index (Phi) is 5.10. The summed E-state index contributed by atoms with van der Waals surface area (Å²) in [5.41, 5.74) is 0.371. The number of carbonyl (C=O) groups is 2. The number of hydrogen-bond donors (Lipinski definition) is 2. The number of piperazine rings is 1. The summed E-state index contributed by atoms with van der Waals surface area (Å²) >= 11 is 0. The highest BCUT2D eigenvalue weighted by atomic mass is 16.5. The van der Waals surface area contributed by atoms with Crippen molar-refractivity contribution in [2.24, 2.45) is 0 Å². The van der Waals surface area contributed by atoms with Crippen LogP contribution in [0.3, 0.4) is 0 Å². The third-order valence-electron chi connectivity index (χ3n) is 3.36. The topological polar surface area (TPSA) is 83.6 Å². The normalized spacial score (nSPS) is 18.2. The number of likely N-dealkylation sites (N-methyl/N-ethyl adjacent to an activating group) is 1. The summed E-state index contributed by atoms with van der Waals surface area (Å²) in [5.74, 6) is -0.0421. The number of esters is 1. The van der Waals surface area contributed by atoms with Crippen LogP contribution in [0.25, 0.3) is 0 Å². The molecule has 0 saturated carbocycles. The molecule has 2 rings (SSSR count). The third-order valence-corrected chi connectivity index (χ3v) is 3.36. The minimum absolute atomic E-state index is 0.0776. The highest BCUT2D eigenvalue weighted by Crippen LogP contribution is 2.21. The highest BCUT2D eigenvalue weighted by molar-refractivity contribution is 5.96. The van der Waals surface area contributed by atoms with Gasteiger partial charge in [-0.1, -0.05) is 0 Å². The van der Waals surface area contributed by atoms with Crippen molar-refractivity contribution in [3.05, 3.63) is 23.9 Å². The van der Waals surface area contributed by atoms with Crippen molar-refractivity contribution in [1.29, 1.82) is 0 Å². The number of anilines is 1. The van der Waals surface area contributed by atoms with Crippen LogP contribution >= 0.6 is 0 Å². The van der Waals surface area contributed by atoms with E-state index in [1.54, 1.807) is 18.3 Å². The first kappa shape index (κ1) is 15.2. The smallest absolute Gasteiger partial charge is 0.341 e. The van der Waals surface area contributed by atoms with Gasteiger partial charge in [0.1, 0.15) is 17.4 Å². The Labute approximate surface area is 123 Å². The second-order valence-electron chi connectivity index (χ2n) is 4.67. The van der Waals surface area contributed by atoms with Crippen molar-refractivity contribution in [3.8, 4) is 0 Å². The molecule has 0 aliphatic carbocycles. The number of nitrogens with one attached hydrogen (secondary N) is 2. The van der Waals surface area contributed by atoms with E-state index in [0.29, 0.717) is 31.0 Å². The van der Waals surface area contributed by atoms with E-state index in [-0.39, 0.29) is 5.91 Å². The van der Waals surface area contributed by atoms with E-state index in [4.69, 9.17) is 4.74 Å². The van der Waals surface area contributed by atoms with Gasteiger partial charge < -0.3 is 20.3 Å². The fourth-order valence-corrected chi connectivity index (χ4v) is 2.38. The number of rotatable bonds is 4. The maximum Gasteiger partial charge on any atom is 0.341 e. The van der Waals surface area contributed by atoms with Gasteiger partial charge in [-0.2, -0.15) is 0 Å². The van der Waals surface area contributed by atoms with Gasteiger partial charge in [0.15, 0.2) is 0 Å². The fraction of sp³-hybridized carbons (Fsp3) is 0.500. The largest absolute Gasteiger partial charge is 0.465 e. The lowest BCUT2D eigenvalue weighted by Gasteiger charge is -2.36. The van der Waals surface area contributed by atoms with Crippen LogP contribution < -0.4 is 15.5 Å². The minimum Gasteiger partial charge on any atom is -0.465 e. The van der Waals surface area contributed by atoms with Gasteiger partial charge in [0.25, 0.3) is 0 Å². The number of methoxy groups -OCH3 is 1. The first-order valence-corrected chi connectivity index (χ1v) is 6.97. The lowest BCUT2D eigenvalue weighted by atomic mass is 10.1. The summed E-state index contributed by atoms with van der Waals surface area (Å²) in [5, 5.41) is 6.00. The second kappa shape index (κ2) is 7.03. The number of hydrogen-bond acceptors (Lipinski definition) is 6. The van der Waals surface area contributed by atoms with Gasteiger partial charge in [0, 0.05) is 32.4 Å². The number of amides is 1. The van der Waals surface area contributed by atoms with E-state index in [0.717, 1.165) is 6.54 Å². The third kappa shape index (κ3) is 3.30. The Morgan fingerprint density at radius 1 is 1.57 bits per heavy atom. The molecule has 2 N–H and O–H groups in total. The lowest BCUT2D eigenvalue weighted by molar-refractivity contribution is -0.122. The van der Waals surface area contributed by atoms with Crippen molar-refractivity contribution in [2.45, 2.75) is 13.0 Å². The molecule has 1 saturated heterocycles. The molecule has 0 bridgehead atoms. The lowest BCUT2D eigenvalue weighted by Crippen LogP contribution is -2.58. The summed E-state index contributed by atoms with van der Waals surface area (Å²) in [6.07, 6.45) is 1.61. The quantitative estimate of drug-likeness (QED) is 0.747. The van der Waals surface area contributed by atoms with Crippen molar-refractivity contribution >= 4 is 17.7 Å². The molecule has 7 heteroatoms. The molecule has 7 nitrogen and oxygen atoms in total. The molecule has 1 amide bonds. The Morgan fingerprint density at radius 2 is 2.38 bits per heavy atom. The number of carbonyl (C=O) groups excluding carboxylic acids is 2. The molecule has 1 atom stereocenters. The van der Waals surface area contributed by atoms with E-state index < -0.39 is 12.0 Å². The highest BCUT2D eigenvalue weighted by Gasteiger charge is 2.31. The van der Waals surface area contributed by atoms with Gasteiger partial charge in [-0.05, 0) is 19.1 Å². The Hall–Kier alpha value is -2.15. The van der Waals surface area contributed by atoms with Gasteiger partial charge >= 0.3 is 5.97 Å². The van der Waals surface area contributed by atoms with Gasteiger partial charge in [-0.25, -0.2) is 9.78 Å². The summed E-state index contributed by atoms with van der Waals surface area (Å²) in [6.45, 7) is 4.29. The van der Waals surface area contributed by atoms with Crippen molar-refractivity contribution in [2.75, 3.05) is 38.2 Å². The van der Waals surface area contributed by atoms with E-state index >= 15 is 0 Å². The molecule has 1 aromatic rings. The number of pyridine rings is 1. The van der Waals surface area contributed by atoms with E-state index in [2.05, 4.69) is 15.6 Å². The van der Waals surface area contributed by atoms with Crippen molar-refractivity contribution in [1.82, 2.24) is 15.6 Å². The minimum atomic E-state index is -0.453. The zero-order valence-electron chi connectivity index (χ0n) is 12.3. The summed E-state index contributed by atoms with van der Waals surface area (Å²) < 4.78 is 4.79. The maximum atomic E-state index is 12.2. The Morgan fingerprint density at radius 3 is 3.10 bits per heavy atom. The monoisotopic (exact) mass is 292 g/mol. The van der Waals surface area contributed by atoms with Crippen LogP contribution in [0.1, 0.15) is 17.3 Å². The van der Waals surface area contributed by atoms with Crippen molar-refractivity contribution in [3.63, 3.8) is 0 Å². The number of ether oxygens (including phenoxy) is 1. The molecule has 0 spiro atoms. The molecular weight excluding hydrogens is 272 g/mol. The van der Waals surface area contributed by atoms with Gasteiger partial charge in [0.05, 0.1) is 7.11 Å². The van der Waals surface area contributed by atoms with Crippen LogP contribution in [0.2, 0.25) is 0 Å². The molecule has 1 aromatic heterocycles. The van der Waals surface area contributed by atoms with Crippen LogP contribution in [-0.2, 0) is 9.53 Å². The van der Waals surface area contributed by atoms with Crippen LogP contribution in [0, 0.1) is 0 Å². The molecule has 1 aliphatic heterocycles. The zero-order chi connectivity index (χ0) is 15.2. The second-order valence-corrected chi connectivity index (χ2v) is 4.67. The molecule has 1 fully saturated rings. The average molecular weight is 292 g/mol. The van der Waals surface area contributed by atoms with Crippen LogP contribution in [0.4, 0.5) is 5.82 Å². The van der Waals surface area contributed by atoms with E-state index in [1.165, 1.54) is 7.11 Å². The number of aromatic nitrogens is 1. The number of nitrogens with zero attached hydrogens (tertiary/aromatic N) is 2. The Bertz CT molecular complexity index is 521. The van der Waals surface area contributed by atoms with Gasteiger partial charge in [0.2, 0.25) is 5.91 Å². The van der Waals surface area contributed by atoms with Crippen LogP contribution in [0.5, 0.6) is 0 Å². The molecule has 21 heavy (non-hydrogen) atoms. The fourth-order valence-electron chi connectivity index (χ4n) is 2.38. The van der Waals surface area contributed by atoms with Crippen LogP contribution in [0.15, 0.2) is 18.3 Å². The van der Waals surface area contributed by atoms with E-state index in [9.17, 15) is 9.59 Å². The maximum absolute atomic E-state index is 12.2. The van der Waals surface area contributed by atoms with E-state index in [1.807, 2.05) is 11.8 Å². The van der Waals surface area contributed by atoms with Gasteiger partial charge in [-0.15, -0.1) is 0 Å². The molecule has 1 unspecified atom stereocenters. The molecule has 1 aliphatic rings. The first-order chi connectivity index (χ1) is 10.2. The molecule has 0 aromatic carbocycles. The first-order valence-electron chi connectivity index (χ1n) is 6.97. The van der Waals surface area contributed by atoms with Crippen LogP contribution in [-0.4, -0.2) is 56.2 Å². The van der Waals surface area contributed by atoms with Crippen molar-refractivity contribution < 1.29 is 14.3 Å². The zero-order valence-corrected chi connectivity index (χ0v) is 12.3. The predicted octanol–water partition coefficient (Wildman–Crippen LogP) is -0.217. The Balaban J connectivity index is 2.33. The summed E-state index contributed by atoms with van der Waals surface area (Å²) in [6, 6.07) is 2.95.